The lowest BCUT2D eigenvalue weighted by Gasteiger charge is -2.18. The van der Waals surface area contributed by atoms with Gasteiger partial charge in [0.15, 0.2) is 0 Å². The van der Waals surface area contributed by atoms with Crippen molar-refractivity contribution in [2.24, 2.45) is 11.8 Å². The molecule has 1 amide bonds. The van der Waals surface area contributed by atoms with Crippen molar-refractivity contribution < 1.29 is 4.79 Å². The third-order valence-corrected chi connectivity index (χ3v) is 4.45. The van der Waals surface area contributed by atoms with E-state index in [0.717, 1.165) is 0 Å². The van der Waals surface area contributed by atoms with Crippen LogP contribution < -0.4 is 11.3 Å². The number of amides is 1. The highest BCUT2D eigenvalue weighted by molar-refractivity contribution is 8.00. The number of carbonyl (C=O) groups excluding carboxylic acids is 1. The number of nitrogens with two attached hydrogens (primary N) is 1. The smallest absolute Gasteiger partial charge is 0.237 e. The van der Waals surface area contributed by atoms with E-state index in [-0.39, 0.29) is 17.1 Å². The number of rotatable bonds is 5. The highest BCUT2D eigenvalue weighted by atomic mass is 32.2. The topological polar surface area (TPSA) is 55.1 Å². The van der Waals surface area contributed by atoms with Gasteiger partial charge in [0.05, 0.1) is 0 Å². The van der Waals surface area contributed by atoms with Gasteiger partial charge in [-0.25, -0.2) is 5.84 Å². The summed E-state index contributed by atoms with van der Waals surface area (Å²) in [5.74, 6) is 5.47. The number of hydrogen-bond acceptors (Lipinski definition) is 3. The maximum absolute atomic E-state index is 11.4. The first kappa shape index (κ1) is 15.1. The first-order valence-corrected chi connectivity index (χ1v) is 7.10. The first-order chi connectivity index (χ1) is 8.45. The number of nitrogens with one attached hydrogen (secondary N) is 1. The standard InChI is InChI=1S/C14H22N2OS/c1-9(2)12-5-7-13(8-6-12)18-11(4)10(3)14(17)16-15/h5-11H,15H2,1-4H3,(H,16,17). The second kappa shape index (κ2) is 6.81. The monoisotopic (exact) mass is 266 g/mol. The number of benzene rings is 1. The molecule has 18 heavy (non-hydrogen) atoms. The molecule has 1 aromatic carbocycles. The van der Waals surface area contributed by atoms with Gasteiger partial charge in [0.1, 0.15) is 0 Å². The number of carbonyl (C=O) groups is 1. The summed E-state index contributed by atoms with van der Waals surface area (Å²) in [6.07, 6.45) is 0. The van der Waals surface area contributed by atoms with E-state index in [4.69, 9.17) is 5.84 Å². The van der Waals surface area contributed by atoms with Crippen molar-refractivity contribution in [3.05, 3.63) is 29.8 Å². The highest BCUT2D eigenvalue weighted by Crippen LogP contribution is 2.29. The Bertz CT molecular complexity index is 389. The van der Waals surface area contributed by atoms with Crippen LogP contribution in [0.3, 0.4) is 0 Å². The van der Waals surface area contributed by atoms with Crippen molar-refractivity contribution in [2.75, 3.05) is 0 Å². The van der Waals surface area contributed by atoms with Crippen LogP contribution in [0.15, 0.2) is 29.2 Å². The van der Waals surface area contributed by atoms with Gasteiger partial charge < -0.3 is 0 Å². The van der Waals surface area contributed by atoms with Gasteiger partial charge in [-0.05, 0) is 23.6 Å². The van der Waals surface area contributed by atoms with E-state index >= 15 is 0 Å². The zero-order valence-electron chi connectivity index (χ0n) is 11.4. The second-order valence-electron chi connectivity index (χ2n) is 4.84. The molecule has 0 aliphatic heterocycles. The third-order valence-electron chi connectivity index (χ3n) is 3.13. The first-order valence-electron chi connectivity index (χ1n) is 6.22. The molecule has 2 atom stereocenters. The van der Waals surface area contributed by atoms with Crippen molar-refractivity contribution in [1.82, 2.24) is 5.43 Å². The Kier molecular flexibility index (Phi) is 5.69. The van der Waals surface area contributed by atoms with Crippen molar-refractivity contribution in [2.45, 2.75) is 43.8 Å². The van der Waals surface area contributed by atoms with Crippen LogP contribution in [0.25, 0.3) is 0 Å². The fourth-order valence-electron chi connectivity index (χ4n) is 1.59. The summed E-state index contributed by atoms with van der Waals surface area (Å²) >= 11 is 1.70. The lowest BCUT2D eigenvalue weighted by atomic mass is 10.0. The van der Waals surface area contributed by atoms with E-state index in [0.29, 0.717) is 5.92 Å². The summed E-state index contributed by atoms with van der Waals surface area (Å²) in [7, 11) is 0. The summed E-state index contributed by atoms with van der Waals surface area (Å²) in [4.78, 5) is 12.6. The van der Waals surface area contributed by atoms with Gasteiger partial charge in [-0.1, -0.05) is 39.8 Å². The Morgan fingerprint density at radius 3 is 2.17 bits per heavy atom. The second-order valence-corrected chi connectivity index (χ2v) is 6.29. The van der Waals surface area contributed by atoms with Crippen LogP contribution in [-0.2, 0) is 4.79 Å². The van der Waals surface area contributed by atoms with Crippen LogP contribution >= 0.6 is 11.8 Å². The summed E-state index contributed by atoms with van der Waals surface area (Å²) in [6.45, 7) is 8.29. The average molecular weight is 266 g/mol. The normalized spacial score (nSPS) is 14.3. The van der Waals surface area contributed by atoms with Gasteiger partial charge in [-0.3, -0.25) is 10.2 Å². The Labute approximate surface area is 113 Å². The molecule has 0 aromatic heterocycles. The molecule has 0 heterocycles. The van der Waals surface area contributed by atoms with Gasteiger partial charge >= 0.3 is 0 Å². The van der Waals surface area contributed by atoms with Gasteiger partial charge in [-0.2, -0.15) is 0 Å². The van der Waals surface area contributed by atoms with Crippen molar-refractivity contribution in [3.63, 3.8) is 0 Å². The quantitative estimate of drug-likeness (QED) is 0.373. The maximum atomic E-state index is 11.4. The third kappa shape index (κ3) is 4.03. The van der Waals surface area contributed by atoms with Gasteiger partial charge in [0.2, 0.25) is 5.91 Å². The molecule has 1 rings (SSSR count). The van der Waals surface area contributed by atoms with Crippen LogP contribution in [0.5, 0.6) is 0 Å². The Morgan fingerprint density at radius 2 is 1.72 bits per heavy atom. The minimum atomic E-state index is -0.117. The van der Waals surface area contributed by atoms with Gasteiger partial charge in [0, 0.05) is 16.1 Å². The average Bonchev–Trinajstić information content (AvgIpc) is 2.37. The van der Waals surface area contributed by atoms with Crippen LogP contribution in [0.1, 0.15) is 39.2 Å². The number of hydrazine groups is 1. The largest absolute Gasteiger partial charge is 0.294 e. The molecule has 0 radical (unpaired) electrons. The van der Waals surface area contributed by atoms with E-state index in [1.165, 1.54) is 10.5 Å². The SMILES string of the molecule is CC(C)c1ccc(SC(C)C(C)C(=O)NN)cc1. The Morgan fingerprint density at radius 1 is 1.17 bits per heavy atom. The predicted octanol–water partition coefficient (Wildman–Crippen LogP) is 2.92. The molecular formula is C14H22N2OS. The zero-order valence-corrected chi connectivity index (χ0v) is 12.3. The van der Waals surface area contributed by atoms with Gasteiger partial charge in [-0.15, -0.1) is 11.8 Å². The molecule has 1 aromatic rings. The van der Waals surface area contributed by atoms with Crippen LogP contribution in [0.2, 0.25) is 0 Å². The molecule has 0 saturated carbocycles. The molecule has 0 saturated heterocycles. The van der Waals surface area contributed by atoms with Crippen molar-refractivity contribution in [1.29, 1.82) is 0 Å². The molecule has 100 valence electrons. The molecule has 0 bridgehead atoms. The van der Waals surface area contributed by atoms with E-state index in [1.807, 2.05) is 13.8 Å². The molecule has 3 N–H and O–H groups in total. The molecule has 4 heteroatoms. The Balaban J connectivity index is 2.64. The summed E-state index contributed by atoms with van der Waals surface area (Å²) in [6, 6.07) is 8.52. The van der Waals surface area contributed by atoms with Crippen molar-refractivity contribution >= 4 is 17.7 Å². The summed E-state index contributed by atoms with van der Waals surface area (Å²) in [5, 5.41) is 0.193. The number of thioether (sulfide) groups is 1. The van der Waals surface area contributed by atoms with E-state index in [9.17, 15) is 4.79 Å². The molecule has 0 spiro atoms. The summed E-state index contributed by atoms with van der Waals surface area (Å²) in [5.41, 5.74) is 3.54. The summed E-state index contributed by atoms with van der Waals surface area (Å²) < 4.78 is 0. The minimum absolute atomic E-state index is 0.107. The fourth-order valence-corrected chi connectivity index (χ4v) is 2.64. The highest BCUT2D eigenvalue weighted by Gasteiger charge is 2.20. The zero-order chi connectivity index (χ0) is 13.7. The van der Waals surface area contributed by atoms with Crippen LogP contribution in [-0.4, -0.2) is 11.2 Å². The molecule has 3 nitrogen and oxygen atoms in total. The molecular weight excluding hydrogens is 244 g/mol. The van der Waals surface area contributed by atoms with E-state index in [2.05, 4.69) is 43.5 Å². The van der Waals surface area contributed by atoms with Crippen molar-refractivity contribution in [3.8, 4) is 0 Å². The predicted molar refractivity (Wildman–Crippen MR) is 77.3 cm³/mol. The number of hydrogen-bond donors (Lipinski definition) is 2. The fraction of sp³-hybridized carbons (Fsp3) is 0.500. The van der Waals surface area contributed by atoms with Gasteiger partial charge in [0.25, 0.3) is 0 Å². The van der Waals surface area contributed by atoms with Crippen LogP contribution in [0.4, 0.5) is 0 Å². The molecule has 0 fully saturated rings. The van der Waals surface area contributed by atoms with Crippen LogP contribution in [0, 0.1) is 5.92 Å². The molecule has 0 aliphatic carbocycles. The van der Waals surface area contributed by atoms with E-state index < -0.39 is 0 Å². The maximum Gasteiger partial charge on any atom is 0.237 e. The Hall–Kier alpha value is -1.00. The van der Waals surface area contributed by atoms with E-state index in [1.54, 1.807) is 11.8 Å². The lowest BCUT2D eigenvalue weighted by Crippen LogP contribution is -2.38. The molecule has 0 aliphatic rings. The lowest BCUT2D eigenvalue weighted by molar-refractivity contribution is -0.124. The molecule has 2 unspecified atom stereocenters. The minimum Gasteiger partial charge on any atom is -0.294 e.